The van der Waals surface area contributed by atoms with Crippen molar-refractivity contribution < 1.29 is 32.9 Å². The molecule has 0 aliphatic heterocycles. The summed E-state index contributed by atoms with van der Waals surface area (Å²) in [4.78, 5) is 23.4. The first-order valence-electron chi connectivity index (χ1n) is 36.7. The van der Waals surface area contributed by atoms with Gasteiger partial charge in [-0.25, -0.2) is 4.57 Å². The molecule has 0 radical (unpaired) electrons. The second-order valence-electron chi connectivity index (χ2n) is 26.3. The highest BCUT2D eigenvalue weighted by atomic mass is 31.2. The van der Waals surface area contributed by atoms with Crippen LogP contribution in [0.4, 0.5) is 0 Å². The van der Waals surface area contributed by atoms with Crippen molar-refractivity contribution in [3.05, 3.63) is 60.8 Å². The van der Waals surface area contributed by atoms with E-state index in [1.807, 2.05) is 27.2 Å². The van der Waals surface area contributed by atoms with Gasteiger partial charge in [0.15, 0.2) is 0 Å². The molecular weight excluding hydrogens is 1060 g/mol. The molecule has 1 amide bonds. The zero-order valence-corrected chi connectivity index (χ0v) is 57.5. The molecule has 9 heteroatoms. The molecule has 0 aromatic rings. The predicted octanol–water partition coefficient (Wildman–Crippen LogP) is 23.6. The number of carbonyl (C=O) groups is 1. The van der Waals surface area contributed by atoms with E-state index in [1.165, 1.54) is 289 Å². The number of hydrogen-bond acceptors (Lipinski definition) is 5. The summed E-state index contributed by atoms with van der Waals surface area (Å²) >= 11 is 0. The minimum absolute atomic E-state index is 0.0571. The molecule has 0 saturated heterocycles. The Hall–Kier alpha value is -1.80. The monoisotopic (exact) mass is 1200 g/mol. The molecule has 3 N–H and O–H groups in total. The van der Waals surface area contributed by atoms with Gasteiger partial charge in [-0.05, 0) is 70.6 Å². The summed E-state index contributed by atoms with van der Waals surface area (Å²) in [5.74, 6) is -0.180. The first-order chi connectivity index (χ1) is 41.0. The quantitative estimate of drug-likeness (QED) is 0.0243. The average molecular weight is 1200 g/mol. The number of phosphoric ester groups is 1. The van der Waals surface area contributed by atoms with Crippen LogP contribution in [-0.2, 0) is 18.4 Å². The number of quaternary nitrogens is 1. The second kappa shape index (κ2) is 65.6. The number of nitrogens with one attached hydrogen (secondary N) is 1. The number of phosphoric acid groups is 1. The Bertz CT molecular complexity index is 1550. The zero-order chi connectivity index (χ0) is 61.2. The first-order valence-corrected chi connectivity index (χ1v) is 38.2. The standard InChI is InChI=1S/C75H143N2O6P/c1-6-8-10-12-14-16-18-20-22-24-26-28-30-31-32-33-34-35-36-37-38-39-40-41-42-43-44-45-47-49-51-53-55-57-59-61-63-65-67-69-75(79)76-73(72-83-84(80,81)82-71-70-77(3,4)5)74(78)68-66-64-62-60-58-56-54-52-50-48-46-29-27-25-23-21-19-17-15-13-11-9-7-2/h18,20,24,26,30-31,58,60,66,68,73-74,78H,6-17,19,21-23,25,27-29,32-57,59,61-65,67,69-72H2,1-5H3,(H-,76,79,80,81)/p+1/b20-18-,26-24-,31-30-,60-58+,68-66+. The van der Waals surface area contributed by atoms with Crippen LogP contribution in [0.25, 0.3) is 0 Å². The smallest absolute Gasteiger partial charge is 0.387 e. The van der Waals surface area contributed by atoms with Crippen LogP contribution in [0.1, 0.15) is 361 Å². The van der Waals surface area contributed by atoms with E-state index >= 15 is 0 Å². The maximum Gasteiger partial charge on any atom is 0.472 e. The normalized spacial score (nSPS) is 13.9. The molecule has 0 aliphatic carbocycles. The number of aliphatic hydroxyl groups excluding tert-OH is 1. The summed E-state index contributed by atoms with van der Waals surface area (Å²) in [6.45, 7) is 4.83. The molecule has 0 aromatic heterocycles. The maximum atomic E-state index is 13.1. The molecule has 0 aromatic carbocycles. The van der Waals surface area contributed by atoms with Crippen molar-refractivity contribution in [2.75, 3.05) is 40.9 Å². The predicted molar refractivity (Wildman–Crippen MR) is 369 cm³/mol. The van der Waals surface area contributed by atoms with E-state index in [0.29, 0.717) is 17.4 Å². The lowest BCUT2D eigenvalue weighted by molar-refractivity contribution is -0.870. The van der Waals surface area contributed by atoms with Gasteiger partial charge in [-0.3, -0.25) is 13.8 Å². The van der Waals surface area contributed by atoms with Crippen LogP contribution in [0.3, 0.4) is 0 Å². The third-order valence-corrected chi connectivity index (χ3v) is 17.7. The minimum atomic E-state index is -4.36. The summed E-state index contributed by atoms with van der Waals surface area (Å²) in [5, 5.41) is 14.0. The van der Waals surface area contributed by atoms with E-state index in [2.05, 4.69) is 67.8 Å². The van der Waals surface area contributed by atoms with Gasteiger partial charge in [0.25, 0.3) is 0 Å². The van der Waals surface area contributed by atoms with Crippen LogP contribution in [-0.4, -0.2) is 73.4 Å². The Morgan fingerprint density at radius 1 is 0.405 bits per heavy atom. The Kier molecular flexibility index (Phi) is 64.2. The van der Waals surface area contributed by atoms with Gasteiger partial charge in [-0.2, -0.15) is 0 Å². The molecule has 0 bridgehead atoms. The van der Waals surface area contributed by atoms with Gasteiger partial charge in [-0.1, -0.05) is 344 Å². The van der Waals surface area contributed by atoms with Crippen molar-refractivity contribution in [1.82, 2.24) is 5.32 Å². The van der Waals surface area contributed by atoms with Crippen LogP contribution >= 0.6 is 7.82 Å². The highest BCUT2D eigenvalue weighted by molar-refractivity contribution is 7.47. The number of carbonyl (C=O) groups excluding carboxylic acids is 1. The van der Waals surface area contributed by atoms with Gasteiger partial charge in [0, 0.05) is 6.42 Å². The number of aliphatic hydroxyl groups is 1. The number of unbranched alkanes of at least 4 members (excludes halogenated alkanes) is 47. The molecule has 0 fully saturated rings. The van der Waals surface area contributed by atoms with Gasteiger partial charge in [0.2, 0.25) is 5.91 Å². The Morgan fingerprint density at radius 2 is 0.690 bits per heavy atom. The Morgan fingerprint density at radius 3 is 1.04 bits per heavy atom. The van der Waals surface area contributed by atoms with Crippen molar-refractivity contribution in [3.63, 3.8) is 0 Å². The summed E-state index contributed by atoms with van der Waals surface area (Å²) < 4.78 is 23.8. The van der Waals surface area contributed by atoms with Crippen LogP contribution in [0.15, 0.2) is 60.8 Å². The number of allylic oxidation sites excluding steroid dienone is 9. The third kappa shape index (κ3) is 67.7. The highest BCUT2D eigenvalue weighted by Gasteiger charge is 2.28. The molecule has 3 atom stereocenters. The lowest BCUT2D eigenvalue weighted by atomic mass is 10.0. The second-order valence-corrected chi connectivity index (χ2v) is 27.8. The summed E-state index contributed by atoms with van der Waals surface area (Å²) in [5.41, 5.74) is 0. The average Bonchev–Trinajstić information content (AvgIpc) is 3.56. The van der Waals surface area contributed by atoms with Crippen LogP contribution in [0.5, 0.6) is 0 Å². The number of amides is 1. The van der Waals surface area contributed by atoms with E-state index in [9.17, 15) is 19.4 Å². The van der Waals surface area contributed by atoms with Crippen LogP contribution < -0.4 is 5.32 Å². The molecule has 0 spiro atoms. The van der Waals surface area contributed by atoms with Gasteiger partial charge in [-0.15, -0.1) is 0 Å². The first kappa shape index (κ1) is 82.2. The van der Waals surface area contributed by atoms with Crippen LogP contribution in [0, 0.1) is 0 Å². The molecule has 0 heterocycles. The summed E-state index contributed by atoms with van der Waals surface area (Å²) in [6, 6.07) is -0.865. The van der Waals surface area contributed by atoms with Crippen molar-refractivity contribution in [1.29, 1.82) is 0 Å². The fraction of sp³-hybridized carbons (Fsp3) is 0.853. The van der Waals surface area contributed by atoms with Gasteiger partial charge in [0.05, 0.1) is 39.9 Å². The number of rotatable bonds is 68. The molecule has 0 saturated carbocycles. The summed E-state index contributed by atoms with van der Waals surface area (Å²) in [7, 11) is 1.57. The number of likely N-dealkylation sites (N-methyl/N-ethyl adjacent to an activating group) is 1. The molecule has 8 nitrogen and oxygen atoms in total. The molecule has 494 valence electrons. The zero-order valence-electron chi connectivity index (χ0n) is 56.7. The molecule has 0 aliphatic rings. The number of hydrogen-bond donors (Lipinski definition) is 3. The number of nitrogens with zero attached hydrogens (tertiary/aromatic N) is 1. The van der Waals surface area contributed by atoms with E-state index in [0.717, 1.165) is 51.4 Å². The molecule has 84 heavy (non-hydrogen) atoms. The van der Waals surface area contributed by atoms with Crippen molar-refractivity contribution in [2.24, 2.45) is 0 Å². The van der Waals surface area contributed by atoms with Gasteiger partial charge in [0.1, 0.15) is 13.2 Å². The lowest BCUT2D eigenvalue weighted by Gasteiger charge is -2.25. The Balaban J connectivity index is 3.98. The fourth-order valence-corrected chi connectivity index (χ4v) is 11.7. The van der Waals surface area contributed by atoms with Crippen molar-refractivity contribution in [2.45, 2.75) is 373 Å². The molecule has 3 unspecified atom stereocenters. The van der Waals surface area contributed by atoms with E-state index in [-0.39, 0.29) is 19.1 Å². The van der Waals surface area contributed by atoms with Gasteiger partial charge < -0.3 is 19.8 Å². The van der Waals surface area contributed by atoms with Crippen molar-refractivity contribution >= 4 is 13.7 Å². The highest BCUT2D eigenvalue weighted by Crippen LogP contribution is 2.43. The van der Waals surface area contributed by atoms with E-state index in [1.54, 1.807) is 6.08 Å². The SMILES string of the molecule is CCCCCCC/C=C\C/C=C\C/C=C\CCCCCCCCCCCCCCCCCCCCCCCCCCC(=O)NC(COP(=O)(O)OCC[N+](C)(C)C)C(O)/C=C/CC/C=C/CCCCCCCCCCCCCCCCCCC. The van der Waals surface area contributed by atoms with E-state index < -0.39 is 20.0 Å². The van der Waals surface area contributed by atoms with E-state index in [4.69, 9.17) is 9.05 Å². The lowest BCUT2D eigenvalue weighted by Crippen LogP contribution is -2.45. The Labute approximate surface area is 523 Å². The largest absolute Gasteiger partial charge is 0.472 e. The minimum Gasteiger partial charge on any atom is -0.387 e. The topological polar surface area (TPSA) is 105 Å². The third-order valence-electron chi connectivity index (χ3n) is 16.7. The summed E-state index contributed by atoms with van der Waals surface area (Å²) in [6.07, 6.45) is 91.1. The molecule has 0 rings (SSSR count). The fourth-order valence-electron chi connectivity index (χ4n) is 11.0. The van der Waals surface area contributed by atoms with Crippen molar-refractivity contribution in [3.8, 4) is 0 Å². The maximum absolute atomic E-state index is 13.1. The molecular formula is C75H144N2O6P+. The van der Waals surface area contributed by atoms with Gasteiger partial charge >= 0.3 is 7.82 Å². The van der Waals surface area contributed by atoms with Crippen LogP contribution in [0.2, 0.25) is 0 Å².